The standard InChI is InChI=1S/C18H19F2N3O3/c1-8-4-9(21)6-22(8)16-13(19)5-11-15(14(16)20)23(10-2-3-10)7-12(17(11)24)18(25)26/h5,7-10H,2-4,6,21H2,1H3,(H,25,26). The molecule has 1 saturated heterocycles. The summed E-state index contributed by atoms with van der Waals surface area (Å²) in [6.45, 7) is 2.17. The Kier molecular flexibility index (Phi) is 3.76. The van der Waals surface area contributed by atoms with Gasteiger partial charge in [0, 0.05) is 30.9 Å². The average Bonchev–Trinajstić information content (AvgIpc) is 3.34. The lowest BCUT2D eigenvalue weighted by molar-refractivity contribution is 0.0695. The van der Waals surface area contributed by atoms with Gasteiger partial charge in [0.25, 0.3) is 0 Å². The Hall–Kier alpha value is -2.48. The van der Waals surface area contributed by atoms with Gasteiger partial charge >= 0.3 is 5.97 Å². The van der Waals surface area contributed by atoms with Crippen LogP contribution >= 0.6 is 0 Å². The molecular formula is C18H19F2N3O3. The largest absolute Gasteiger partial charge is 0.477 e. The second kappa shape index (κ2) is 5.77. The molecule has 4 rings (SSSR count). The van der Waals surface area contributed by atoms with Gasteiger partial charge in [0.15, 0.2) is 5.82 Å². The number of rotatable bonds is 3. The minimum absolute atomic E-state index is 0.0356. The van der Waals surface area contributed by atoms with Crippen LogP contribution in [0, 0.1) is 11.6 Å². The topological polar surface area (TPSA) is 88.6 Å². The van der Waals surface area contributed by atoms with Gasteiger partial charge in [-0.3, -0.25) is 4.79 Å². The third-order valence-corrected chi connectivity index (χ3v) is 5.25. The van der Waals surface area contributed by atoms with Crippen LogP contribution in [-0.4, -0.2) is 34.3 Å². The Labute approximate surface area is 147 Å². The summed E-state index contributed by atoms with van der Waals surface area (Å²) in [5.74, 6) is -3.12. The predicted octanol–water partition coefficient (Wildman–Crippen LogP) is 2.24. The van der Waals surface area contributed by atoms with Gasteiger partial charge < -0.3 is 20.3 Å². The number of carboxylic acid groups (broad SMARTS) is 1. The van der Waals surface area contributed by atoms with Gasteiger partial charge in [-0.15, -0.1) is 0 Å². The minimum Gasteiger partial charge on any atom is -0.477 e. The Morgan fingerprint density at radius 1 is 1.35 bits per heavy atom. The highest BCUT2D eigenvalue weighted by atomic mass is 19.1. The van der Waals surface area contributed by atoms with Crippen molar-refractivity contribution in [2.24, 2.45) is 5.73 Å². The summed E-state index contributed by atoms with van der Waals surface area (Å²) < 4.78 is 31.7. The van der Waals surface area contributed by atoms with Crippen molar-refractivity contribution in [3.63, 3.8) is 0 Å². The van der Waals surface area contributed by atoms with Crippen LogP contribution < -0.4 is 16.1 Å². The van der Waals surface area contributed by atoms with Crippen LogP contribution in [0.4, 0.5) is 14.5 Å². The number of hydrogen-bond donors (Lipinski definition) is 2. The van der Waals surface area contributed by atoms with Gasteiger partial charge in [-0.05, 0) is 32.3 Å². The quantitative estimate of drug-likeness (QED) is 0.873. The summed E-state index contributed by atoms with van der Waals surface area (Å²) in [6, 6.07) is 0.561. The van der Waals surface area contributed by atoms with E-state index in [1.54, 1.807) is 4.90 Å². The third kappa shape index (κ3) is 2.47. The van der Waals surface area contributed by atoms with E-state index in [9.17, 15) is 19.1 Å². The Balaban J connectivity index is 2.03. The monoisotopic (exact) mass is 363 g/mol. The fourth-order valence-corrected chi connectivity index (χ4v) is 3.87. The van der Waals surface area contributed by atoms with Crippen LogP contribution in [0.25, 0.3) is 10.9 Å². The molecule has 1 aromatic carbocycles. The molecule has 0 bridgehead atoms. The second-order valence-electron chi connectivity index (χ2n) is 7.23. The number of hydrogen-bond acceptors (Lipinski definition) is 4. The molecule has 0 amide bonds. The molecular weight excluding hydrogens is 344 g/mol. The molecule has 1 aliphatic carbocycles. The van der Waals surface area contributed by atoms with E-state index in [1.165, 1.54) is 10.8 Å². The number of pyridine rings is 1. The number of benzene rings is 1. The summed E-state index contributed by atoms with van der Waals surface area (Å²) in [6.07, 6.45) is 3.31. The van der Waals surface area contributed by atoms with Gasteiger partial charge in [-0.25, -0.2) is 13.6 Å². The first-order valence-electron chi connectivity index (χ1n) is 8.62. The number of halogens is 2. The van der Waals surface area contributed by atoms with Crippen molar-refractivity contribution in [3.05, 3.63) is 39.7 Å². The van der Waals surface area contributed by atoms with Crippen molar-refractivity contribution in [1.82, 2.24) is 4.57 Å². The van der Waals surface area contributed by atoms with E-state index in [0.29, 0.717) is 13.0 Å². The zero-order valence-electron chi connectivity index (χ0n) is 14.2. The first-order chi connectivity index (χ1) is 12.3. The molecule has 2 heterocycles. The summed E-state index contributed by atoms with van der Waals surface area (Å²) in [5.41, 5.74) is 4.33. The molecule has 0 radical (unpaired) electrons. The van der Waals surface area contributed by atoms with E-state index < -0.39 is 28.6 Å². The molecule has 138 valence electrons. The van der Waals surface area contributed by atoms with Crippen LogP contribution in [0.5, 0.6) is 0 Å². The maximum absolute atomic E-state index is 15.4. The fourth-order valence-electron chi connectivity index (χ4n) is 3.87. The lowest BCUT2D eigenvalue weighted by Gasteiger charge is -2.26. The maximum atomic E-state index is 15.4. The highest BCUT2D eigenvalue weighted by Gasteiger charge is 2.34. The van der Waals surface area contributed by atoms with Crippen molar-refractivity contribution in [2.75, 3.05) is 11.4 Å². The molecule has 1 aliphatic heterocycles. The lowest BCUT2D eigenvalue weighted by Crippen LogP contribution is -2.31. The molecule has 2 atom stereocenters. The first kappa shape index (κ1) is 17.0. The van der Waals surface area contributed by atoms with Gasteiger partial charge in [0.2, 0.25) is 5.43 Å². The molecule has 8 heteroatoms. The van der Waals surface area contributed by atoms with Gasteiger partial charge in [0.1, 0.15) is 17.1 Å². The number of aromatic nitrogens is 1. The van der Waals surface area contributed by atoms with E-state index in [2.05, 4.69) is 0 Å². The number of nitrogens with two attached hydrogens (primary N) is 1. The number of nitrogens with zero attached hydrogens (tertiary/aromatic N) is 2. The van der Waals surface area contributed by atoms with Crippen LogP contribution in [0.3, 0.4) is 0 Å². The lowest BCUT2D eigenvalue weighted by atomic mass is 10.1. The number of carboxylic acids is 1. The van der Waals surface area contributed by atoms with E-state index >= 15 is 4.39 Å². The van der Waals surface area contributed by atoms with Crippen LogP contribution in [-0.2, 0) is 0 Å². The summed E-state index contributed by atoms with van der Waals surface area (Å²) >= 11 is 0. The number of carbonyl (C=O) groups is 1. The van der Waals surface area contributed by atoms with Crippen LogP contribution in [0.1, 0.15) is 42.6 Å². The molecule has 3 N–H and O–H groups in total. The Morgan fingerprint density at radius 2 is 2.04 bits per heavy atom. The highest BCUT2D eigenvalue weighted by molar-refractivity contribution is 5.94. The number of anilines is 1. The zero-order valence-corrected chi connectivity index (χ0v) is 14.2. The zero-order chi connectivity index (χ0) is 18.7. The van der Waals surface area contributed by atoms with Gasteiger partial charge in [-0.1, -0.05) is 0 Å². The van der Waals surface area contributed by atoms with Crippen molar-refractivity contribution in [2.45, 2.75) is 44.3 Å². The molecule has 6 nitrogen and oxygen atoms in total. The summed E-state index contributed by atoms with van der Waals surface area (Å²) in [7, 11) is 0. The van der Waals surface area contributed by atoms with E-state index in [0.717, 1.165) is 18.9 Å². The molecule has 26 heavy (non-hydrogen) atoms. The summed E-state index contributed by atoms with van der Waals surface area (Å²) in [4.78, 5) is 25.4. The minimum atomic E-state index is -1.41. The summed E-state index contributed by atoms with van der Waals surface area (Å²) in [5, 5.41) is 9.01. The average molecular weight is 363 g/mol. The van der Waals surface area contributed by atoms with Crippen LogP contribution in [0.2, 0.25) is 0 Å². The highest BCUT2D eigenvalue weighted by Crippen LogP contribution is 2.40. The molecule has 2 fully saturated rings. The van der Waals surface area contributed by atoms with Crippen molar-refractivity contribution >= 4 is 22.6 Å². The molecule has 2 aliphatic rings. The third-order valence-electron chi connectivity index (χ3n) is 5.25. The molecule has 0 spiro atoms. The SMILES string of the molecule is CC1CC(N)CN1c1c(F)cc2c(=O)c(C(=O)O)cn(C3CC3)c2c1F. The maximum Gasteiger partial charge on any atom is 0.341 e. The smallest absolute Gasteiger partial charge is 0.341 e. The van der Waals surface area contributed by atoms with Crippen LogP contribution in [0.15, 0.2) is 17.1 Å². The van der Waals surface area contributed by atoms with Gasteiger partial charge in [0.05, 0.1) is 10.9 Å². The molecule has 1 saturated carbocycles. The predicted molar refractivity (Wildman–Crippen MR) is 92.8 cm³/mol. The number of fused-ring (bicyclic) bond motifs is 1. The fraction of sp³-hybridized carbons (Fsp3) is 0.444. The van der Waals surface area contributed by atoms with Crippen molar-refractivity contribution in [3.8, 4) is 0 Å². The number of aromatic carboxylic acids is 1. The first-order valence-corrected chi connectivity index (χ1v) is 8.62. The van der Waals surface area contributed by atoms with Gasteiger partial charge in [-0.2, -0.15) is 0 Å². The van der Waals surface area contributed by atoms with E-state index in [1.807, 2.05) is 6.92 Å². The molecule has 2 unspecified atom stereocenters. The normalized spacial score (nSPS) is 23.0. The molecule has 2 aromatic rings. The Morgan fingerprint density at radius 3 is 2.58 bits per heavy atom. The second-order valence-corrected chi connectivity index (χ2v) is 7.23. The van der Waals surface area contributed by atoms with E-state index in [4.69, 9.17) is 5.73 Å². The van der Waals surface area contributed by atoms with E-state index in [-0.39, 0.29) is 34.7 Å². The Bertz CT molecular complexity index is 984. The van der Waals surface area contributed by atoms with Crippen molar-refractivity contribution < 1.29 is 18.7 Å². The van der Waals surface area contributed by atoms with Crippen molar-refractivity contribution in [1.29, 1.82) is 0 Å². The molecule has 1 aromatic heterocycles.